The Balaban J connectivity index is 1.37. The van der Waals surface area contributed by atoms with Crippen LogP contribution in [-0.2, 0) is 13.0 Å². The third kappa shape index (κ3) is 3.48. The van der Waals surface area contributed by atoms with Gasteiger partial charge >= 0.3 is 6.03 Å². The number of aromatic nitrogens is 3. The summed E-state index contributed by atoms with van der Waals surface area (Å²) in [5.74, 6) is 1.54. The Morgan fingerprint density at radius 3 is 3.24 bits per heavy atom. The number of thiazole rings is 1. The average molecular weight is 376 g/mol. The van der Waals surface area contributed by atoms with Gasteiger partial charge < -0.3 is 15.2 Å². The van der Waals surface area contributed by atoms with Gasteiger partial charge in [0.15, 0.2) is 0 Å². The summed E-state index contributed by atoms with van der Waals surface area (Å²) < 4.78 is 3.17. The highest BCUT2D eigenvalue weighted by Crippen LogP contribution is 2.31. The van der Waals surface area contributed by atoms with Crippen LogP contribution in [0.3, 0.4) is 0 Å². The van der Waals surface area contributed by atoms with Crippen LogP contribution in [0.15, 0.2) is 24.5 Å². The smallest absolute Gasteiger partial charge is 0.319 e. The van der Waals surface area contributed by atoms with Gasteiger partial charge in [-0.2, -0.15) is 0 Å². The maximum absolute atomic E-state index is 12.2. The number of imidazole rings is 1. The number of anilines is 1. The first-order valence-electron chi connectivity index (χ1n) is 8.20. The van der Waals surface area contributed by atoms with Crippen molar-refractivity contribution in [1.82, 2.24) is 19.9 Å². The molecule has 4 rings (SSSR count). The van der Waals surface area contributed by atoms with Crippen molar-refractivity contribution >= 4 is 44.9 Å². The molecule has 0 saturated carbocycles. The number of carbonyl (C=O) groups is 1. The molecule has 25 heavy (non-hydrogen) atoms. The average Bonchev–Trinajstić information content (AvgIpc) is 3.18. The number of amides is 2. The van der Waals surface area contributed by atoms with Crippen LogP contribution >= 0.6 is 22.9 Å². The second-order valence-corrected chi connectivity index (χ2v) is 7.91. The van der Waals surface area contributed by atoms with E-state index in [1.54, 1.807) is 17.4 Å². The molecule has 0 spiro atoms. The third-order valence-corrected chi connectivity index (χ3v) is 5.66. The molecule has 3 heterocycles. The Kier molecular flexibility index (Phi) is 4.35. The minimum atomic E-state index is -0.237. The van der Waals surface area contributed by atoms with E-state index in [9.17, 15) is 4.79 Å². The van der Waals surface area contributed by atoms with Crippen molar-refractivity contribution in [2.75, 3.05) is 11.9 Å². The van der Waals surface area contributed by atoms with E-state index in [4.69, 9.17) is 11.6 Å². The van der Waals surface area contributed by atoms with Gasteiger partial charge in [-0.3, -0.25) is 0 Å². The Morgan fingerprint density at radius 1 is 1.48 bits per heavy atom. The lowest BCUT2D eigenvalue weighted by atomic mass is 9.99. The van der Waals surface area contributed by atoms with Crippen LogP contribution < -0.4 is 10.6 Å². The van der Waals surface area contributed by atoms with E-state index in [0.717, 1.165) is 40.4 Å². The second kappa shape index (κ2) is 6.65. The molecule has 0 bridgehead atoms. The monoisotopic (exact) mass is 375 g/mol. The van der Waals surface area contributed by atoms with E-state index in [2.05, 4.69) is 25.2 Å². The number of urea groups is 1. The Labute approximate surface area is 154 Å². The normalized spacial score (nSPS) is 16.6. The summed E-state index contributed by atoms with van der Waals surface area (Å²) in [6, 6.07) is 3.43. The van der Waals surface area contributed by atoms with E-state index in [1.807, 2.05) is 25.4 Å². The molecule has 1 aliphatic heterocycles. The summed E-state index contributed by atoms with van der Waals surface area (Å²) >= 11 is 7.84. The fourth-order valence-corrected chi connectivity index (χ4v) is 4.22. The molecule has 6 nitrogen and oxygen atoms in total. The minimum absolute atomic E-state index is 0.237. The number of rotatable bonds is 3. The van der Waals surface area contributed by atoms with Gasteiger partial charge in [0.1, 0.15) is 5.82 Å². The van der Waals surface area contributed by atoms with Gasteiger partial charge in [0.2, 0.25) is 0 Å². The van der Waals surface area contributed by atoms with Gasteiger partial charge in [-0.25, -0.2) is 14.8 Å². The Hall–Kier alpha value is -2.12. The summed E-state index contributed by atoms with van der Waals surface area (Å²) in [5, 5.41) is 7.26. The molecular formula is C17H18ClN5OS. The molecule has 0 radical (unpaired) electrons. The van der Waals surface area contributed by atoms with Crippen LogP contribution in [0.25, 0.3) is 10.2 Å². The zero-order valence-corrected chi connectivity index (χ0v) is 15.3. The van der Waals surface area contributed by atoms with Gasteiger partial charge in [-0.05, 0) is 31.4 Å². The van der Waals surface area contributed by atoms with Gasteiger partial charge in [-0.1, -0.05) is 11.6 Å². The molecule has 0 aliphatic carbocycles. The topological polar surface area (TPSA) is 71.8 Å². The first-order valence-corrected chi connectivity index (χ1v) is 9.39. The molecule has 0 saturated heterocycles. The van der Waals surface area contributed by atoms with Crippen LogP contribution in [0.5, 0.6) is 0 Å². The number of hydrogen-bond acceptors (Lipinski definition) is 4. The van der Waals surface area contributed by atoms with Crippen molar-refractivity contribution in [2.45, 2.75) is 26.3 Å². The van der Waals surface area contributed by atoms with Crippen LogP contribution in [0.2, 0.25) is 5.02 Å². The lowest BCUT2D eigenvalue weighted by Gasteiger charge is -2.24. The largest absolute Gasteiger partial charge is 0.338 e. The van der Waals surface area contributed by atoms with Gasteiger partial charge in [-0.15, -0.1) is 11.3 Å². The molecule has 2 amide bonds. The van der Waals surface area contributed by atoms with E-state index < -0.39 is 0 Å². The van der Waals surface area contributed by atoms with Gasteiger partial charge in [0.05, 0.1) is 25.9 Å². The van der Waals surface area contributed by atoms with Crippen LogP contribution in [-0.4, -0.2) is 27.1 Å². The molecule has 1 unspecified atom stereocenters. The molecule has 0 fully saturated rings. The quantitative estimate of drug-likeness (QED) is 0.730. The summed E-state index contributed by atoms with van der Waals surface area (Å²) in [6.07, 6.45) is 5.81. The predicted molar refractivity (Wildman–Crippen MR) is 100 cm³/mol. The van der Waals surface area contributed by atoms with Crippen LogP contribution in [0, 0.1) is 12.8 Å². The molecule has 130 valence electrons. The third-order valence-electron chi connectivity index (χ3n) is 4.42. The fourth-order valence-electron chi connectivity index (χ4n) is 3.17. The highest BCUT2D eigenvalue weighted by atomic mass is 35.5. The fraction of sp³-hybridized carbons (Fsp3) is 0.353. The number of nitrogens with zero attached hydrogens (tertiary/aromatic N) is 3. The Morgan fingerprint density at radius 2 is 2.36 bits per heavy atom. The number of halogens is 1. The standard InChI is InChI=1S/C17H18ClN5OS/c1-10-21-14-6-12(18)13(7-15(14)25-10)22-17(24)20-8-11-2-3-16-19-4-5-23(16)9-11/h4-7,11H,2-3,8-9H2,1H3,(H2,20,22,24). The van der Waals surface area contributed by atoms with Crippen molar-refractivity contribution in [3.8, 4) is 0 Å². The second-order valence-electron chi connectivity index (χ2n) is 6.27. The lowest BCUT2D eigenvalue weighted by Crippen LogP contribution is -2.36. The van der Waals surface area contributed by atoms with E-state index in [1.165, 1.54) is 0 Å². The maximum atomic E-state index is 12.2. The first-order chi connectivity index (χ1) is 12.1. The number of carbonyl (C=O) groups excluding carboxylic acids is 1. The van der Waals surface area contributed by atoms with Crippen molar-refractivity contribution in [3.05, 3.63) is 40.4 Å². The van der Waals surface area contributed by atoms with E-state index in [-0.39, 0.29) is 6.03 Å². The SMILES string of the molecule is Cc1nc2cc(Cl)c(NC(=O)NCC3CCc4nccn4C3)cc2s1. The van der Waals surface area contributed by atoms with E-state index >= 15 is 0 Å². The molecule has 1 atom stereocenters. The maximum Gasteiger partial charge on any atom is 0.319 e. The lowest BCUT2D eigenvalue weighted by molar-refractivity contribution is 0.247. The minimum Gasteiger partial charge on any atom is -0.338 e. The van der Waals surface area contributed by atoms with Crippen LogP contribution in [0.4, 0.5) is 10.5 Å². The molecule has 2 aromatic heterocycles. The molecule has 1 aliphatic rings. The van der Waals surface area contributed by atoms with Crippen LogP contribution in [0.1, 0.15) is 17.3 Å². The zero-order valence-electron chi connectivity index (χ0n) is 13.8. The van der Waals surface area contributed by atoms with E-state index in [0.29, 0.717) is 23.2 Å². The zero-order chi connectivity index (χ0) is 17.4. The van der Waals surface area contributed by atoms with Crippen molar-refractivity contribution < 1.29 is 4.79 Å². The number of hydrogen-bond donors (Lipinski definition) is 2. The molecule has 3 aromatic rings. The Bertz CT molecular complexity index is 934. The van der Waals surface area contributed by atoms with Gasteiger partial charge in [0, 0.05) is 31.9 Å². The molecule has 8 heteroatoms. The summed E-state index contributed by atoms with van der Waals surface area (Å²) in [6.45, 7) is 3.47. The highest BCUT2D eigenvalue weighted by molar-refractivity contribution is 7.18. The highest BCUT2D eigenvalue weighted by Gasteiger charge is 2.19. The molecular weight excluding hydrogens is 358 g/mol. The van der Waals surface area contributed by atoms with Gasteiger partial charge in [0.25, 0.3) is 0 Å². The summed E-state index contributed by atoms with van der Waals surface area (Å²) in [4.78, 5) is 21.0. The molecule has 1 aromatic carbocycles. The van der Waals surface area contributed by atoms with Crippen molar-refractivity contribution in [3.63, 3.8) is 0 Å². The first kappa shape index (κ1) is 16.4. The molecule has 2 N–H and O–H groups in total. The predicted octanol–water partition coefficient (Wildman–Crippen LogP) is 3.84. The summed E-state index contributed by atoms with van der Waals surface area (Å²) in [5.41, 5.74) is 1.47. The number of benzene rings is 1. The number of nitrogens with one attached hydrogen (secondary N) is 2. The van der Waals surface area contributed by atoms with Crippen molar-refractivity contribution in [2.24, 2.45) is 5.92 Å². The summed E-state index contributed by atoms with van der Waals surface area (Å²) in [7, 11) is 0. The number of fused-ring (bicyclic) bond motifs is 2. The van der Waals surface area contributed by atoms with Crippen molar-refractivity contribution in [1.29, 1.82) is 0 Å². The number of aryl methyl sites for hydroxylation is 2.